The summed E-state index contributed by atoms with van der Waals surface area (Å²) in [4.78, 5) is 9.30. The van der Waals surface area contributed by atoms with Crippen LogP contribution in [0.3, 0.4) is 0 Å². The van der Waals surface area contributed by atoms with Gasteiger partial charge >= 0.3 is 0 Å². The zero-order chi connectivity index (χ0) is 11.3. The molecule has 1 saturated heterocycles. The van der Waals surface area contributed by atoms with E-state index in [4.69, 9.17) is 4.98 Å². The summed E-state index contributed by atoms with van der Waals surface area (Å²) in [6, 6.07) is 1.17. The van der Waals surface area contributed by atoms with Crippen molar-refractivity contribution in [2.24, 2.45) is 0 Å². The lowest BCUT2D eigenvalue weighted by atomic mass is 9.94. The summed E-state index contributed by atoms with van der Waals surface area (Å²) in [5, 5.41) is 3.62. The van der Waals surface area contributed by atoms with Crippen LogP contribution in [0.1, 0.15) is 56.7 Å². The Hall–Kier alpha value is -0.960. The van der Waals surface area contributed by atoms with Crippen molar-refractivity contribution in [3.8, 4) is 0 Å². The average Bonchev–Trinajstić information content (AvgIpc) is 2.59. The molecule has 0 spiro atoms. The summed E-state index contributed by atoms with van der Waals surface area (Å²) in [6.45, 7) is 6.51. The first-order chi connectivity index (χ1) is 7.54. The van der Waals surface area contributed by atoms with E-state index < -0.39 is 0 Å². The highest BCUT2D eigenvalue weighted by atomic mass is 15.0. The van der Waals surface area contributed by atoms with E-state index >= 15 is 0 Å². The van der Waals surface area contributed by atoms with Crippen LogP contribution in [0.15, 0.2) is 6.20 Å². The molecule has 1 fully saturated rings. The molecule has 2 aliphatic rings. The summed E-state index contributed by atoms with van der Waals surface area (Å²) in [7, 11) is 0. The zero-order valence-electron chi connectivity index (χ0n) is 10.2. The summed E-state index contributed by atoms with van der Waals surface area (Å²) in [5.74, 6) is 0.979. The molecule has 3 nitrogen and oxygen atoms in total. The number of nitrogens with one attached hydrogen (secondary N) is 1. The minimum atomic E-state index is 0.0545. The van der Waals surface area contributed by atoms with Crippen LogP contribution in [0.5, 0.6) is 0 Å². The molecule has 1 aromatic rings. The fourth-order valence-corrected chi connectivity index (χ4v) is 2.70. The Kier molecular flexibility index (Phi) is 2.08. The lowest BCUT2D eigenvalue weighted by Gasteiger charge is -2.25. The molecular formula is C13H19N3. The maximum Gasteiger partial charge on any atom is 0.133 e. The zero-order valence-corrected chi connectivity index (χ0v) is 10.2. The van der Waals surface area contributed by atoms with Crippen molar-refractivity contribution in [2.75, 3.05) is 0 Å². The molecule has 1 N–H and O–H groups in total. The van der Waals surface area contributed by atoms with Crippen LogP contribution < -0.4 is 5.32 Å². The standard InChI is InChI=1S/C13H19N3/c1-13(2,3)12-14-7-9-10-5-4-8(15-10)6-11(9)16-12/h7-8,10,15H,4-6H2,1-3H3. The van der Waals surface area contributed by atoms with Gasteiger partial charge in [0.05, 0.1) is 5.69 Å². The van der Waals surface area contributed by atoms with Gasteiger partial charge in [0.25, 0.3) is 0 Å². The molecule has 86 valence electrons. The Balaban J connectivity index is 2.04. The van der Waals surface area contributed by atoms with Crippen molar-refractivity contribution in [1.82, 2.24) is 15.3 Å². The van der Waals surface area contributed by atoms with Crippen molar-refractivity contribution >= 4 is 0 Å². The Morgan fingerprint density at radius 3 is 2.88 bits per heavy atom. The third kappa shape index (κ3) is 1.54. The highest BCUT2D eigenvalue weighted by molar-refractivity contribution is 5.29. The Morgan fingerprint density at radius 2 is 2.12 bits per heavy atom. The first-order valence-electron chi connectivity index (χ1n) is 6.16. The highest BCUT2D eigenvalue weighted by Gasteiger charge is 2.34. The highest BCUT2D eigenvalue weighted by Crippen LogP contribution is 2.35. The quantitative estimate of drug-likeness (QED) is 0.723. The number of nitrogens with zero attached hydrogens (tertiary/aromatic N) is 2. The van der Waals surface area contributed by atoms with Crippen LogP contribution in [0.2, 0.25) is 0 Å². The third-order valence-electron chi connectivity index (χ3n) is 3.63. The van der Waals surface area contributed by atoms with E-state index in [2.05, 4.69) is 31.1 Å². The number of fused-ring (bicyclic) bond motifs is 4. The molecule has 16 heavy (non-hydrogen) atoms. The van der Waals surface area contributed by atoms with Gasteiger partial charge in [-0.15, -0.1) is 0 Å². The van der Waals surface area contributed by atoms with Crippen LogP contribution >= 0.6 is 0 Å². The largest absolute Gasteiger partial charge is 0.307 e. The summed E-state index contributed by atoms with van der Waals surface area (Å²) in [5.41, 5.74) is 2.67. The van der Waals surface area contributed by atoms with E-state index in [1.807, 2.05) is 6.20 Å². The molecule has 2 atom stereocenters. The van der Waals surface area contributed by atoms with Gasteiger partial charge in [-0.05, 0) is 12.8 Å². The van der Waals surface area contributed by atoms with E-state index in [0.29, 0.717) is 12.1 Å². The molecule has 3 rings (SSSR count). The first kappa shape index (κ1) is 10.2. The van der Waals surface area contributed by atoms with Crippen molar-refractivity contribution in [3.63, 3.8) is 0 Å². The minimum absolute atomic E-state index is 0.0545. The van der Waals surface area contributed by atoms with E-state index in [-0.39, 0.29) is 5.41 Å². The Labute approximate surface area is 96.7 Å². The summed E-state index contributed by atoms with van der Waals surface area (Å²) < 4.78 is 0. The molecular weight excluding hydrogens is 198 g/mol. The fourth-order valence-electron chi connectivity index (χ4n) is 2.70. The van der Waals surface area contributed by atoms with Crippen LogP contribution in [0, 0.1) is 0 Å². The normalized spacial score (nSPS) is 27.9. The van der Waals surface area contributed by atoms with Crippen LogP contribution in [-0.4, -0.2) is 16.0 Å². The van der Waals surface area contributed by atoms with Gasteiger partial charge in [-0.1, -0.05) is 20.8 Å². The third-order valence-corrected chi connectivity index (χ3v) is 3.63. The second-order valence-electron chi connectivity index (χ2n) is 6.04. The summed E-state index contributed by atoms with van der Waals surface area (Å²) in [6.07, 6.45) is 5.65. The van der Waals surface area contributed by atoms with Gasteiger partial charge in [0.1, 0.15) is 5.82 Å². The van der Waals surface area contributed by atoms with Crippen LogP contribution in [0.25, 0.3) is 0 Å². The second-order valence-corrected chi connectivity index (χ2v) is 6.04. The van der Waals surface area contributed by atoms with Gasteiger partial charge in [-0.25, -0.2) is 9.97 Å². The number of aromatic nitrogens is 2. The van der Waals surface area contributed by atoms with Crippen molar-refractivity contribution in [3.05, 3.63) is 23.3 Å². The molecule has 0 aliphatic carbocycles. The van der Waals surface area contributed by atoms with E-state index in [9.17, 15) is 0 Å². The minimum Gasteiger partial charge on any atom is -0.307 e. The molecule has 2 unspecified atom stereocenters. The topological polar surface area (TPSA) is 37.8 Å². The van der Waals surface area contributed by atoms with Gasteiger partial charge in [0.2, 0.25) is 0 Å². The Bertz CT molecular complexity index is 420. The van der Waals surface area contributed by atoms with E-state index in [0.717, 1.165) is 12.2 Å². The lowest BCUT2D eigenvalue weighted by Crippen LogP contribution is -2.33. The molecule has 1 aromatic heterocycles. The average molecular weight is 217 g/mol. The molecule has 3 heteroatoms. The lowest BCUT2D eigenvalue weighted by molar-refractivity contribution is 0.485. The maximum atomic E-state index is 4.77. The molecule has 2 aliphatic heterocycles. The van der Waals surface area contributed by atoms with Crippen molar-refractivity contribution in [2.45, 2.75) is 57.5 Å². The van der Waals surface area contributed by atoms with Gasteiger partial charge in [-0.2, -0.15) is 0 Å². The molecule has 0 amide bonds. The molecule has 3 heterocycles. The predicted octanol–water partition coefficient (Wildman–Crippen LogP) is 2.12. The molecule has 0 radical (unpaired) electrons. The number of hydrogen-bond donors (Lipinski definition) is 1. The van der Waals surface area contributed by atoms with Gasteiger partial charge in [0.15, 0.2) is 0 Å². The molecule has 0 saturated carbocycles. The van der Waals surface area contributed by atoms with Gasteiger partial charge < -0.3 is 5.32 Å². The molecule has 2 bridgehead atoms. The monoisotopic (exact) mass is 217 g/mol. The molecule has 0 aromatic carbocycles. The van der Waals surface area contributed by atoms with Gasteiger partial charge in [0, 0.05) is 35.7 Å². The Morgan fingerprint density at radius 1 is 1.31 bits per heavy atom. The predicted molar refractivity (Wildman–Crippen MR) is 63.3 cm³/mol. The van der Waals surface area contributed by atoms with Crippen LogP contribution in [-0.2, 0) is 11.8 Å². The number of rotatable bonds is 0. The van der Waals surface area contributed by atoms with E-state index in [1.54, 1.807) is 0 Å². The van der Waals surface area contributed by atoms with Crippen molar-refractivity contribution < 1.29 is 0 Å². The number of hydrogen-bond acceptors (Lipinski definition) is 3. The van der Waals surface area contributed by atoms with E-state index in [1.165, 1.54) is 24.1 Å². The van der Waals surface area contributed by atoms with Gasteiger partial charge in [-0.3, -0.25) is 0 Å². The fraction of sp³-hybridized carbons (Fsp3) is 0.692. The first-order valence-corrected chi connectivity index (χ1v) is 6.16. The van der Waals surface area contributed by atoms with Crippen molar-refractivity contribution in [1.29, 1.82) is 0 Å². The SMILES string of the molecule is CC(C)(C)c1ncc2c(n1)CC1CCC2N1. The van der Waals surface area contributed by atoms with Crippen LogP contribution in [0.4, 0.5) is 0 Å². The maximum absolute atomic E-state index is 4.77. The smallest absolute Gasteiger partial charge is 0.133 e. The summed E-state index contributed by atoms with van der Waals surface area (Å²) >= 11 is 0. The second kappa shape index (κ2) is 3.27.